The van der Waals surface area contributed by atoms with Crippen molar-refractivity contribution >= 4 is 0 Å². The van der Waals surface area contributed by atoms with Gasteiger partial charge in [0.1, 0.15) is 0 Å². The highest BCUT2D eigenvalue weighted by molar-refractivity contribution is 5.33. The summed E-state index contributed by atoms with van der Waals surface area (Å²) in [6.07, 6.45) is 4.97. The molecule has 0 radical (unpaired) electrons. The Morgan fingerprint density at radius 3 is 2.47 bits per heavy atom. The molecule has 1 N–H and O–H groups in total. The molecule has 3 unspecified atom stereocenters. The number of nitrogens with zero attached hydrogens (tertiary/aromatic N) is 1. The van der Waals surface area contributed by atoms with Crippen LogP contribution < -0.4 is 0 Å². The predicted octanol–water partition coefficient (Wildman–Crippen LogP) is 3.25. The van der Waals surface area contributed by atoms with Crippen molar-refractivity contribution < 1.29 is 5.11 Å². The number of aromatic nitrogens is 1. The van der Waals surface area contributed by atoms with Crippen LogP contribution in [0, 0.1) is 5.92 Å². The van der Waals surface area contributed by atoms with E-state index < -0.39 is 0 Å². The fraction of sp³-hybridized carbons (Fsp3) is 0.692. The van der Waals surface area contributed by atoms with Crippen LogP contribution in [0.15, 0.2) is 12.4 Å². The molecule has 3 atom stereocenters. The number of rotatable bonds is 1. The molecule has 1 aromatic heterocycles. The standard InChI is InChI=1S/C13H21NO/c1-8(2)14-6-11-10(4)9(3)5-13(15)12(11)7-14/h6-10,13,15H,5H2,1-4H3. The highest BCUT2D eigenvalue weighted by Crippen LogP contribution is 2.41. The van der Waals surface area contributed by atoms with Crippen molar-refractivity contribution in [3.63, 3.8) is 0 Å². The average molecular weight is 207 g/mol. The maximum absolute atomic E-state index is 10.0. The Labute approximate surface area is 91.9 Å². The molecule has 2 nitrogen and oxygen atoms in total. The average Bonchev–Trinajstić information content (AvgIpc) is 2.59. The van der Waals surface area contributed by atoms with Crippen molar-refractivity contribution in [2.75, 3.05) is 0 Å². The Kier molecular flexibility index (Phi) is 2.63. The first-order valence-corrected chi connectivity index (χ1v) is 5.90. The smallest absolute Gasteiger partial charge is 0.0810 e. The maximum Gasteiger partial charge on any atom is 0.0810 e. The summed E-state index contributed by atoms with van der Waals surface area (Å²) in [6.45, 7) is 8.83. The summed E-state index contributed by atoms with van der Waals surface area (Å²) in [5.74, 6) is 1.15. The fourth-order valence-corrected chi connectivity index (χ4v) is 2.45. The molecule has 1 aliphatic rings. The van der Waals surface area contributed by atoms with Gasteiger partial charge in [0.15, 0.2) is 0 Å². The Balaban J connectivity index is 2.43. The monoisotopic (exact) mass is 207 g/mol. The molecule has 0 aliphatic heterocycles. The second-order valence-corrected chi connectivity index (χ2v) is 5.23. The van der Waals surface area contributed by atoms with Crippen LogP contribution in [0.1, 0.15) is 63.3 Å². The van der Waals surface area contributed by atoms with Gasteiger partial charge in [-0.15, -0.1) is 0 Å². The third-order valence-electron chi connectivity index (χ3n) is 3.80. The second kappa shape index (κ2) is 3.67. The first-order chi connectivity index (χ1) is 7.00. The summed E-state index contributed by atoms with van der Waals surface area (Å²) in [6, 6.07) is 0.477. The van der Waals surface area contributed by atoms with Gasteiger partial charge in [-0.05, 0) is 37.7 Å². The summed E-state index contributed by atoms with van der Waals surface area (Å²) >= 11 is 0. The van der Waals surface area contributed by atoms with E-state index in [9.17, 15) is 5.11 Å². The van der Waals surface area contributed by atoms with E-state index in [1.807, 2.05) is 0 Å². The molecule has 1 aliphatic carbocycles. The lowest BCUT2D eigenvalue weighted by molar-refractivity contribution is 0.128. The molecular formula is C13H21NO. The summed E-state index contributed by atoms with van der Waals surface area (Å²) < 4.78 is 2.21. The van der Waals surface area contributed by atoms with Crippen molar-refractivity contribution in [3.8, 4) is 0 Å². The van der Waals surface area contributed by atoms with Crippen LogP contribution in [0.3, 0.4) is 0 Å². The molecule has 84 valence electrons. The van der Waals surface area contributed by atoms with Gasteiger partial charge in [0.2, 0.25) is 0 Å². The van der Waals surface area contributed by atoms with E-state index in [1.165, 1.54) is 5.56 Å². The van der Waals surface area contributed by atoms with Gasteiger partial charge in [-0.25, -0.2) is 0 Å². The van der Waals surface area contributed by atoms with Gasteiger partial charge in [0.25, 0.3) is 0 Å². The fourth-order valence-electron chi connectivity index (χ4n) is 2.45. The quantitative estimate of drug-likeness (QED) is 0.751. The van der Waals surface area contributed by atoms with Crippen LogP contribution >= 0.6 is 0 Å². The molecule has 0 aromatic carbocycles. The van der Waals surface area contributed by atoms with Crippen molar-refractivity contribution in [2.24, 2.45) is 5.92 Å². The SMILES string of the molecule is CC1CC(O)c2cn(C(C)C)cc2C1C. The minimum absolute atomic E-state index is 0.258. The number of aliphatic hydroxyl groups is 1. The van der Waals surface area contributed by atoms with E-state index in [1.54, 1.807) is 0 Å². The van der Waals surface area contributed by atoms with Gasteiger partial charge < -0.3 is 9.67 Å². The van der Waals surface area contributed by atoms with E-state index in [0.717, 1.165) is 12.0 Å². The maximum atomic E-state index is 10.0. The van der Waals surface area contributed by atoms with Crippen molar-refractivity contribution in [3.05, 3.63) is 23.5 Å². The molecule has 15 heavy (non-hydrogen) atoms. The highest BCUT2D eigenvalue weighted by Gasteiger charge is 2.30. The molecule has 0 saturated carbocycles. The Morgan fingerprint density at radius 1 is 1.27 bits per heavy atom. The van der Waals surface area contributed by atoms with E-state index in [4.69, 9.17) is 0 Å². The molecule has 0 fully saturated rings. The first-order valence-electron chi connectivity index (χ1n) is 5.90. The van der Waals surface area contributed by atoms with E-state index in [0.29, 0.717) is 17.9 Å². The van der Waals surface area contributed by atoms with Crippen LogP contribution in [-0.4, -0.2) is 9.67 Å². The van der Waals surface area contributed by atoms with Crippen LogP contribution in [0.25, 0.3) is 0 Å². The summed E-state index contributed by atoms with van der Waals surface area (Å²) in [5.41, 5.74) is 2.49. The third-order valence-corrected chi connectivity index (χ3v) is 3.80. The van der Waals surface area contributed by atoms with Crippen LogP contribution in [0.2, 0.25) is 0 Å². The Morgan fingerprint density at radius 2 is 1.87 bits per heavy atom. The van der Waals surface area contributed by atoms with Gasteiger partial charge in [-0.1, -0.05) is 13.8 Å². The molecular weight excluding hydrogens is 186 g/mol. The third kappa shape index (κ3) is 1.71. The van der Waals surface area contributed by atoms with Crippen molar-refractivity contribution in [1.82, 2.24) is 4.57 Å². The Bertz CT molecular complexity index is 353. The minimum Gasteiger partial charge on any atom is -0.388 e. The predicted molar refractivity (Wildman–Crippen MR) is 62.0 cm³/mol. The number of fused-ring (bicyclic) bond motifs is 1. The van der Waals surface area contributed by atoms with Crippen LogP contribution in [-0.2, 0) is 0 Å². The molecule has 0 spiro atoms. The van der Waals surface area contributed by atoms with Crippen molar-refractivity contribution in [1.29, 1.82) is 0 Å². The topological polar surface area (TPSA) is 25.2 Å². The van der Waals surface area contributed by atoms with Crippen LogP contribution in [0.4, 0.5) is 0 Å². The van der Waals surface area contributed by atoms with Gasteiger partial charge in [0.05, 0.1) is 6.10 Å². The normalized spacial score (nSPS) is 30.7. The number of hydrogen-bond acceptors (Lipinski definition) is 1. The van der Waals surface area contributed by atoms with Gasteiger partial charge in [0, 0.05) is 24.0 Å². The van der Waals surface area contributed by atoms with Crippen molar-refractivity contribution in [2.45, 2.75) is 52.2 Å². The summed E-state index contributed by atoms with van der Waals surface area (Å²) in [5, 5.41) is 10.0. The Hall–Kier alpha value is -0.760. The lowest BCUT2D eigenvalue weighted by Gasteiger charge is -2.29. The molecule has 2 rings (SSSR count). The molecule has 0 saturated heterocycles. The molecule has 0 amide bonds. The minimum atomic E-state index is -0.258. The largest absolute Gasteiger partial charge is 0.388 e. The van der Waals surface area contributed by atoms with E-state index >= 15 is 0 Å². The lowest BCUT2D eigenvalue weighted by Crippen LogP contribution is -2.18. The lowest BCUT2D eigenvalue weighted by atomic mass is 9.78. The number of aliphatic hydroxyl groups excluding tert-OH is 1. The molecule has 1 aromatic rings. The van der Waals surface area contributed by atoms with Gasteiger partial charge in [-0.2, -0.15) is 0 Å². The van der Waals surface area contributed by atoms with E-state index in [-0.39, 0.29) is 6.10 Å². The molecule has 1 heterocycles. The first kappa shape index (κ1) is 10.7. The van der Waals surface area contributed by atoms with Gasteiger partial charge in [-0.3, -0.25) is 0 Å². The van der Waals surface area contributed by atoms with Gasteiger partial charge >= 0.3 is 0 Å². The second-order valence-electron chi connectivity index (χ2n) is 5.23. The zero-order chi connectivity index (χ0) is 11.2. The zero-order valence-corrected chi connectivity index (χ0v) is 10.1. The molecule has 2 heteroatoms. The highest BCUT2D eigenvalue weighted by atomic mass is 16.3. The van der Waals surface area contributed by atoms with E-state index in [2.05, 4.69) is 44.7 Å². The summed E-state index contributed by atoms with van der Waals surface area (Å²) in [4.78, 5) is 0. The number of hydrogen-bond donors (Lipinski definition) is 1. The summed E-state index contributed by atoms with van der Waals surface area (Å²) in [7, 11) is 0. The molecule has 0 bridgehead atoms. The zero-order valence-electron chi connectivity index (χ0n) is 10.1. The van der Waals surface area contributed by atoms with Crippen LogP contribution in [0.5, 0.6) is 0 Å².